The first-order chi connectivity index (χ1) is 13.5. The van der Waals surface area contributed by atoms with E-state index < -0.39 is 24.2 Å². The Balaban J connectivity index is 3.03. The number of amides is 2. The van der Waals surface area contributed by atoms with Crippen molar-refractivity contribution in [2.45, 2.75) is 45.5 Å². The van der Waals surface area contributed by atoms with E-state index in [-0.39, 0.29) is 24.1 Å². The topological polar surface area (TPSA) is 84.7 Å². The van der Waals surface area contributed by atoms with Crippen LogP contribution in [0.25, 0.3) is 0 Å². The van der Waals surface area contributed by atoms with E-state index in [0.717, 1.165) is 0 Å². The van der Waals surface area contributed by atoms with Gasteiger partial charge in [-0.05, 0) is 43.5 Å². The SMILES string of the molecule is COc1ccc(N(C/C=C/[C@H](CC(C)C)NC(=O)[C@H](C)N)C(=O)C(F)(F)F)cc1. The van der Waals surface area contributed by atoms with Crippen molar-refractivity contribution in [3.05, 3.63) is 36.4 Å². The second-order valence-electron chi connectivity index (χ2n) is 7.07. The van der Waals surface area contributed by atoms with Crippen LogP contribution in [0.15, 0.2) is 36.4 Å². The van der Waals surface area contributed by atoms with E-state index in [9.17, 15) is 22.8 Å². The molecule has 0 spiro atoms. The minimum absolute atomic E-state index is 0.0813. The zero-order valence-corrected chi connectivity index (χ0v) is 17.0. The lowest BCUT2D eigenvalue weighted by molar-refractivity contribution is -0.170. The highest BCUT2D eigenvalue weighted by atomic mass is 19.4. The van der Waals surface area contributed by atoms with Gasteiger partial charge in [0.25, 0.3) is 0 Å². The van der Waals surface area contributed by atoms with E-state index in [1.165, 1.54) is 37.5 Å². The maximum atomic E-state index is 13.0. The van der Waals surface area contributed by atoms with Gasteiger partial charge in [-0.1, -0.05) is 26.0 Å². The molecule has 6 nitrogen and oxygen atoms in total. The van der Waals surface area contributed by atoms with Gasteiger partial charge in [0.15, 0.2) is 0 Å². The summed E-state index contributed by atoms with van der Waals surface area (Å²) in [6, 6.07) is 4.58. The maximum absolute atomic E-state index is 13.0. The summed E-state index contributed by atoms with van der Waals surface area (Å²) in [4.78, 5) is 24.4. The lowest BCUT2D eigenvalue weighted by Crippen LogP contribution is -2.44. The van der Waals surface area contributed by atoms with E-state index in [1.807, 2.05) is 13.8 Å². The summed E-state index contributed by atoms with van der Waals surface area (Å²) in [5, 5.41) is 2.74. The molecule has 2 atom stereocenters. The third-order valence-electron chi connectivity index (χ3n) is 3.99. The van der Waals surface area contributed by atoms with Crippen molar-refractivity contribution < 1.29 is 27.5 Å². The Kier molecular flexibility index (Phi) is 9.16. The van der Waals surface area contributed by atoms with Gasteiger partial charge in [0.1, 0.15) is 5.75 Å². The Labute approximate surface area is 168 Å². The molecule has 1 rings (SSSR count). The fraction of sp³-hybridized carbons (Fsp3) is 0.500. The predicted octanol–water partition coefficient (Wildman–Crippen LogP) is 3.02. The zero-order chi connectivity index (χ0) is 22.2. The van der Waals surface area contributed by atoms with Crippen molar-refractivity contribution in [2.24, 2.45) is 11.7 Å². The predicted molar refractivity (Wildman–Crippen MR) is 106 cm³/mol. The lowest BCUT2D eigenvalue weighted by atomic mass is 10.0. The Morgan fingerprint density at radius 1 is 1.21 bits per heavy atom. The van der Waals surface area contributed by atoms with Crippen LogP contribution >= 0.6 is 0 Å². The zero-order valence-electron chi connectivity index (χ0n) is 17.0. The van der Waals surface area contributed by atoms with Gasteiger partial charge in [0.2, 0.25) is 5.91 Å². The second kappa shape index (κ2) is 10.8. The highest BCUT2D eigenvalue weighted by Gasteiger charge is 2.42. The maximum Gasteiger partial charge on any atom is 0.471 e. The van der Waals surface area contributed by atoms with Crippen LogP contribution in [0.1, 0.15) is 27.2 Å². The number of rotatable bonds is 9. The quantitative estimate of drug-likeness (QED) is 0.607. The molecule has 0 fully saturated rings. The van der Waals surface area contributed by atoms with E-state index >= 15 is 0 Å². The van der Waals surface area contributed by atoms with Crippen molar-refractivity contribution >= 4 is 17.5 Å². The summed E-state index contributed by atoms with van der Waals surface area (Å²) in [7, 11) is 1.43. The second-order valence-corrected chi connectivity index (χ2v) is 7.07. The van der Waals surface area contributed by atoms with Crippen molar-refractivity contribution in [1.29, 1.82) is 0 Å². The molecular formula is C20H28F3N3O3. The highest BCUT2D eigenvalue weighted by Crippen LogP contribution is 2.25. The lowest BCUT2D eigenvalue weighted by Gasteiger charge is -2.23. The average molecular weight is 415 g/mol. The Hall–Kier alpha value is -2.55. The number of ether oxygens (including phenoxy) is 1. The van der Waals surface area contributed by atoms with Gasteiger partial charge in [0.05, 0.1) is 13.2 Å². The molecule has 1 aromatic rings. The molecule has 2 amide bonds. The van der Waals surface area contributed by atoms with Gasteiger partial charge in [-0.25, -0.2) is 0 Å². The van der Waals surface area contributed by atoms with Gasteiger partial charge < -0.3 is 20.7 Å². The van der Waals surface area contributed by atoms with Crippen LogP contribution in [0.4, 0.5) is 18.9 Å². The molecule has 0 aromatic heterocycles. The summed E-state index contributed by atoms with van der Waals surface area (Å²) in [5.41, 5.74) is 5.64. The first-order valence-corrected chi connectivity index (χ1v) is 9.21. The molecule has 1 aromatic carbocycles. The van der Waals surface area contributed by atoms with Crippen LogP contribution in [0, 0.1) is 5.92 Å². The Morgan fingerprint density at radius 2 is 1.79 bits per heavy atom. The molecule has 0 aliphatic heterocycles. The molecule has 0 aliphatic carbocycles. The Bertz CT molecular complexity index is 701. The van der Waals surface area contributed by atoms with Crippen LogP contribution in [0.5, 0.6) is 5.75 Å². The number of benzene rings is 1. The number of nitrogens with zero attached hydrogens (tertiary/aromatic N) is 1. The van der Waals surface area contributed by atoms with E-state index in [4.69, 9.17) is 10.5 Å². The van der Waals surface area contributed by atoms with Crippen LogP contribution in [-0.2, 0) is 9.59 Å². The van der Waals surface area contributed by atoms with Crippen LogP contribution in [0.2, 0.25) is 0 Å². The number of carbonyl (C=O) groups excluding carboxylic acids is 2. The molecule has 0 saturated carbocycles. The molecule has 0 saturated heterocycles. The number of halogens is 3. The number of anilines is 1. The molecule has 0 radical (unpaired) electrons. The number of nitrogens with two attached hydrogens (primary N) is 1. The summed E-state index contributed by atoms with van der Waals surface area (Å²) in [5.74, 6) is -1.65. The summed E-state index contributed by atoms with van der Waals surface area (Å²) in [6.07, 6.45) is -1.43. The number of hydrogen-bond acceptors (Lipinski definition) is 4. The summed E-state index contributed by atoms with van der Waals surface area (Å²) < 4.78 is 44.1. The van der Waals surface area contributed by atoms with Crippen molar-refractivity contribution in [3.63, 3.8) is 0 Å². The third-order valence-corrected chi connectivity index (χ3v) is 3.99. The normalized spacial score (nSPS) is 14.0. The fourth-order valence-electron chi connectivity index (χ4n) is 2.56. The number of carbonyl (C=O) groups is 2. The van der Waals surface area contributed by atoms with Crippen LogP contribution < -0.4 is 20.7 Å². The molecule has 0 unspecified atom stereocenters. The first kappa shape index (κ1) is 24.5. The largest absolute Gasteiger partial charge is 0.497 e. The monoisotopic (exact) mass is 415 g/mol. The molecule has 0 heterocycles. The number of methoxy groups -OCH3 is 1. The third kappa shape index (κ3) is 8.15. The van der Waals surface area contributed by atoms with Gasteiger partial charge in [-0.2, -0.15) is 13.2 Å². The minimum atomic E-state index is -5.02. The minimum Gasteiger partial charge on any atom is -0.497 e. The molecule has 29 heavy (non-hydrogen) atoms. The van der Waals surface area contributed by atoms with Crippen molar-refractivity contribution in [1.82, 2.24) is 5.32 Å². The summed E-state index contributed by atoms with van der Waals surface area (Å²) >= 11 is 0. The van der Waals surface area contributed by atoms with Crippen LogP contribution in [0.3, 0.4) is 0 Å². The highest BCUT2D eigenvalue weighted by molar-refractivity contribution is 5.97. The number of alkyl halides is 3. The molecule has 0 bridgehead atoms. The smallest absolute Gasteiger partial charge is 0.471 e. The molecule has 9 heteroatoms. The first-order valence-electron chi connectivity index (χ1n) is 9.21. The number of hydrogen-bond donors (Lipinski definition) is 2. The van der Waals surface area contributed by atoms with Crippen molar-refractivity contribution in [3.8, 4) is 5.75 Å². The molecular weight excluding hydrogens is 387 g/mol. The van der Waals surface area contributed by atoms with Gasteiger partial charge in [-0.3, -0.25) is 9.59 Å². The molecule has 3 N–H and O–H groups in total. The molecule has 0 aliphatic rings. The van der Waals surface area contributed by atoms with E-state index in [1.54, 1.807) is 13.0 Å². The van der Waals surface area contributed by atoms with Gasteiger partial charge >= 0.3 is 12.1 Å². The van der Waals surface area contributed by atoms with Gasteiger partial charge in [0, 0.05) is 18.3 Å². The standard InChI is InChI=1S/C20H28F3N3O3/c1-13(2)12-15(25-18(27)14(3)24)6-5-11-26(19(28)20(21,22)23)16-7-9-17(29-4)10-8-16/h5-10,13-15H,11-12,24H2,1-4H3,(H,25,27)/b6-5+/t14-,15+/m0/s1. The molecule has 162 valence electrons. The van der Waals surface area contributed by atoms with Gasteiger partial charge in [-0.15, -0.1) is 0 Å². The average Bonchev–Trinajstić information content (AvgIpc) is 2.63. The van der Waals surface area contributed by atoms with Crippen LogP contribution in [-0.4, -0.2) is 43.7 Å². The summed E-state index contributed by atoms with van der Waals surface area (Å²) in [6.45, 7) is 5.14. The van der Waals surface area contributed by atoms with E-state index in [2.05, 4.69) is 5.32 Å². The Morgan fingerprint density at radius 3 is 2.24 bits per heavy atom. The fourth-order valence-corrected chi connectivity index (χ4v) is 2.56. The van der Waals surface area contributed by atoms with E-state index in [0.29, 0.717) is 17.1 Å². The number of nitrogens with one attached hydrogen (secondary N) is 1. The van der Waals surface area contributed by atoms with Crippen molar-refractivity contribution in [2.75, 3.05) is 18.6 Å².